The molecular formula is C18H18BrN5O. The summed E-state index contributed by atoms with van der Waals surface area (Å²) in [5, 5.41) is 10.8. The number of rotatable bonds is 4. The Morgan fingerprint density at radius 3 is 2.72 bits per heavy atom. The Hall–Kier alpha value is -2.67. The summed E-state index contributed by atoms with van der Waals surface area (Å²) in [6, 6.07) is 13.6. The molecule has 25 heavy (non-hydrogen) atoms. The third-order valence-electron chi connectivity index (χ3n) is 3.94. The highest BCUT2D eigenvalue weighted by Gasteiger charge is 2.18. The van der Waals surface area contributed by atoms with Crippen molar-refractivity contribution in [2.24, 2.45) is 0 Å². The highest BCUT2D eigenvalue weighted by molar-refractivity contribution is 9.10. The van der Waals surface area contributed by atoms with Crippen LogP contribution in [-0.4, -0.2) is 20.9 Å². The highest BCUT2D eigenvalue weighted by Crippen LogP contribution is 2.24. The lowest BCUT2D eigenvalue weighted by molar-refractivity contribution is 0.102. The van der Waals surface area contributed by atoms with Gasteiger partial charge in [-0.1, -0.05) is 35.5 Å². The normalized spacial score (nSPS) is 10.7. The number of nitrogens with zero attached hydrogens (tertiary/aromatic N) is 3. The summed E-state index contributed by atoms with van der Waals surface area (Å²) >= 11 is 3.44. The van der Waals surface area contributed by atoms with Gasteiger partial charge in [0.25, 0.3) is 5.91 Å². The van der Waals surface area contributed by atoms with Gasteiger partial charge < -0.3 is 11.1 Å². The summed E-state index contributed by atoms with van der Waals surface area (Å²) in [5.74, 6) is -0.151. The van der Waals surface area contributed by atoms with Gasteiger partial charge in [0.1, 0.15) is 0 Å². The standard InChI is InChI=1S/C18H18BrN5O/c1-11-7-8-15(14(19)9-11)21-18(25)16-17(20)24(23-22-16)10-13-6-4-3-5-12(13)2/h3-9H,10,20H2,1-2H3,(H,21,25). The number of nitrogens with one attached hydrogen (secondary N) is 1. The van der Waals surface area contributed by atoms with Gasteiger partial charge in [0.15, 0.2) is 11.5 Å². The Morgan fingerprint density at radius 1 is 1.24 bits per heavy atom. The molecule has 0 spiro atoms. The number of halogens is 1. The van der Waals surface area contributed by atoms with E-state index < -0.39 is 5.91 Å². The SMILES string of the molecule is Cc1ccc(NC(=O)c2nnn(Cc3ccccc3C)c2N)c(Br)c1. The molecular weight excluding hydrogens is 382 g/mol. The lowest BCUT2D eigenvalue weighted by Crippen LogP contribution is -2.15. The summed E-state index contributed by atoms with van der Waals surface area (Å²) in [6.45, 7) is 4.46. The second-order valence-electron chi connectivity index (χ2n) is 5.84. The van der Waals surface area contributed by atoms with Crippen molar-refractivity contribution in [2.75, 3.05) is 11.1 Å². The van der Waals surface area contributed by atoms with Gasteiger partial charge in [-0.05, 0) is 58.6 Å². The fourth-order valence-corrected chi connectivity index (χ4v) is 3.04. The van der Waals surface area contributed by atoms with E-state index in [9.17, 15) is 4.79 Å². The Kier molecular flexibility index (Phi) is 4.85. The molecule has 3 rings (SSSR count). The second-order valence-corrected chi connectivity index (χ2v) is 6.70. The lowest BCUT2D eigenvalue weighted by atomic mass is 10.1. The highest BCUT2D eigenvalue weighted by atomic mass is 79.9. The molecule has 2 aromatic carbocycles. The summed E-state index contributed by atoms with van der Waals surface area (Å²) in [4.78, 5) is 12.5. The summed E-state index contributed by atoms with van der Waals surface area (Å²) in [5.41, 5.74) is 10.2. The van der Waals surface area contributed by atoms with Crippen LogP contribution in [0.25, 0.3) is 0 Å². The molecule has 7 heteroatoms. The number of aryl methyl sites for hydroxylation is 2. The van der Waals surface area contributed by atoms with Crippen molar-refractivity contribution >= 4 is 33.3 Å². The van der Waals surface area contributed by atoms with Crippen LogP contribution in [0.4, 0.5) is 11.5 Å². The van der Waals surface area contributed by atoms with Crippen LogP contribution in [-0.2, 0) is 6.54 Å². The molecule has 0 saturated heterocycles. The number of nitrogens with two attached hydrogens (primary N) is 1. The van der Waals surface area contributed by atoms with Gasteiger partial charge in [0.05, 0.1) is 12.2 Å². The van der Waals surface area contributed by atoms with E-state index in [2.05, 4.69) is 31.6 Å². The van der Waals surface area contributed by atoms with Crippen LogP contribution in [0.1, 0.15) is 27.2 Å². The summed E-state index contributed by atoms with van der Waals surface area (Å²) in [6.07, 6.45) is 0. The first-order valence-corrected chi connectivity index (χ1v) is 8.56. The molecule has 1 heterocycles. The number of amides is 1. The van der Waals surface area contributed by atoms with Crippen molar-refractivity contribution in [3.8, 4) is 0 Å². The number of nitrogen functional groups attached to an aromatic ring is 1. The average Bonchev–Trinajstić information content (AvgIpc) is 2.93. The zero-order valence-electron chi connectivity index (χ0n) is 14.0. The molecule has 128 valence electrons. The molecule has 1 amide bonds. The fraction of sp³-hybridized carbons (Fsp3) is 0.167. The maximum absolute atomic E-state index is 12.5. The molecule has 0 atom stereocenters. The molecule has 0 unspecified atom stereocenters. The van der Waals surface area contributed by atoms with Crippen molar-refractivity contribution in [3.63, 3.8) is 0 Å². The van der Waals surface area contributed by atoms with Gasteiger partial charge in [0.2, 0.25) is 0 Å². The molecule has 0 radical (unpaired) electrons. The second kappa shape index (κ2) is 7.06. The van der Waals surface area contributed by atoms with E-state index >= 15 is 0 Å². The lowest BCUT2D eigenvalue weighted by Gasteiger charge is -2.08. The molecule has 3 aromatic rings. The van der Waals surface area contributed by atoms with Crippen molar-refractivity contribution < 1.29 is 4.79 Å². The van der Waals surface area contributed by atoms with E-state index in [-0.39, 0.29) is 11.5 Å². The minimum atomic E-state index is -0.391. The van der Waals surface area contributed by atoms with E-state index in [4.69, 9.17) is 5.73 Å². The minimum Gasteiger partial charge on any atom is -0.382 e. The van der Waals surface area contributed by atoms with Gasteiger partial charge in [0, 0.05) is 4.47 Å². The predicted molar refractivity (Wildman–Crippen MR) is 102 cm³/mol. The average molecular weight is 400 g/mol. The molecule has 0 aliphatic heterocycles. The van der Waals surface area contributed by atoms with Gasteiger partial charge in [-0.25, -0.2) is 4.68 Å². The number of carbonyl (C=O) groups excluding carboxylic acids is 1. The zero-order chi connectivity index (χ0) is 18.0. The van der Waals surface area contributed by atoms with E-state index in [1.54, 1.807) is 0 Å². The maximum Gasteiger partial charge on any atom is 0.280 e. The first-order valence-electron chi connectivity index (χ1n) is 7.76. The maximum atomic E-state index is 12.5. The molecule has 0 fully saturated rings. The largest absolute Gasteiger partial charge is 0.382 e. The molecule has 0 aliphatic carbocycles. The van der Waals surface area contributed by atoms with Gasteiger partial charge >= 0.3 is 0 Å². The Bertz CT molecular complexity index is 935. The van der Waals surface area contributed by atoms with E-state index in [0.717, 1.165) is 21.2 Å². The number of hydrogen-bond acceptors (Lipinski definition) is 4. The summed E-state index contributed by atoms with van der Waals surface area (Å²) < 4.78 is 2.33. The van der Waals surface area contributed by atoms with Crippen molar-refractivity contribution in [3.05, 3.63) is 69.3 Å². The molecule has 0 aliphatic rings. The van der Waals surface area contributed by atoms with Crippen LogP contribution in [0.5, 0.6) is 0 Å². The Balaban J connectivity index is 1.80. The van der Waals surface area contributed by atoms with Crippen molar-refractivity contribution in [2.45, 2.75) is 20.4 Å². The molecule has 3 N–H and O–H groups in total. The number of anilines is 2. The quantitative estimate of drug-likeness (QED) is 0.702. The number of aromatic nitrogens is 3. The van der Waals surface area contributed by atoms with E-state index in [0.29, 0.717) is 12.2 Å². The van der Waals surface area contributed by atoms with Gasteiger partial charge in [-0.2, -0.15) is 0 Å². The molecule has 0 saturated carbocycles. The van der Waals surface area contributed by atoms with Crippen LogP contribution >= 0.6 is 15.9 Å². The van der Waals surface area contributed by atoms with Crippen molar-refractivity contribution in [1.29, 1.82) is 0 Å². The Labute approximate surface area is 154 Å². The van der Waals surface area contributed by atoms with Crippen LogP contribution in [0.15, 0.2) is 46.9 Å². The molecule has 0 bridgehead atoms. The number of benzene rings is 2. The van der Waals surface area contributed by atoms with Gasteiger partial charge in [-0.3, -0.25) is 4.79 Å². The number of carbonyl (C=O) groups is 1. The number of hydrogen-bond donors (Lipinski definition) is 2. The zero-order valence-corrected chi connectivity index (χ0v) is 15.5. The fourth-order valence-electron chi connectivity index (χ4n) is 2.45. The summed E-state index contributed by atoms with van der Waals surface area (Å²) in [7, 11) is 0. The van der Waals surface area contributed by atoms with E-state index in [1.165, 1.54) is 4.68 Å². The van der Waals surface area contributed by atoms with Crippen LogP contribution in [0.2, 0.25) is 0 Å². The third-order valence-corrected chi connectivity index (χ3v) is 4.60. The third kappa shape index (κ3) is 3.71. The van der Waals surface area contributed by atoms with E-state index in [1.807, 2.05) is 56.3 Å². The topological polar surface area (TPSA) is 85.8 Å². The minimum absolute atomic E-state index is 0.112. The Morgan fingerprint density at radius 2 is 2.00 bits per heavy atom. The van der Waals surface area contributed by atoms with Crippen LogP contribution in [0.3, 0.4) is 0 Å². The predicted octanol–water partition coefficient (Wildman–Crippen LogP) is 3.54. The first-order chi connectivity index (χ1) is 12.0. The first kappa shape index (κ1) is 17.2. The van der Waals surface area contributed by atoms with Gasteiger partial charge in [-0.15, -0.1) is 5.10 Å². The molecule has 1 aromatic heterocycles. The smallest absolute Gasteiger partial charge is 0.280 e. The monoisotopic (exact) mass is 399 g/mol. The molecule has 6 nitrogen and oxygen atoms in total. The van der Waals surface area contributed by atoms with Crippen LogP contribution in [0, 0.1) is 13.8 Å². The van der Waals surface area contributed by atoms with Crippen molar-refractivity contribution in [1.82, 2.24) is 15.0 Å². The van der Waals surface area contributed by atoms with Crippen LogP contribution < -0.4 is 11.1 Å².